The molecule has 2 aromatic heterocycles. The van der Waals surface area contributed by atoms with Crippen molar-refractivity contribution in [3.63, 3.8) is 0 Å². The van der Waals surface area contributed by atoms with E-state index in [2.05, 4.69) is 155 Å². The number of rotatable bonds is 4. The number of para-hydroxylation sites is 5. The number of benzene rings is 7. The lowest BCUT2D eigenvalue weighted by atomic mass is 9.95. The van der Waals surface area contributed by atoms with Crippen molar-refractivity contribution in [1.82, 2.24) is 9.13 Å². The average Bonchev–Trinajstić information content (AvgIpc) is 3.65. The van der Waals surface area contributed by atoms with E-state index in [4.69, 9.17) is 19.1 Å². The van der Waals surface area contributed by atoms with Crippen LogP contribution in [0.1, 0.15) is 5.56 Å². The summed E-state index contributed by atoms with van der Waals surface area (Å²) in [5, 5.41) is 4.79. The molecule has 3 heteroatoms. The molecule has 2 nitrogen and oxygen atoms in total. The number of aromatic nitrogens is 2. The van der Waals surface area contributed by atoms with Gasteiger partial charge in [-0.15, -0.1) is 19.1 Å². The van der Waals surface area contributed by atoms with Crippen LogP contribution >= 0.6 is 12.6 Å². The smallest absolute Gasteiger partial charge is 0.0548 e. The molecule has 9 rings (SSSR count). The molecule has 0 atom stereocenters. The Hall–Kier alpha value is -5.95. The maximum Gasteiger partial charge on any atom is 0.0548 e. The fourth-order valence-electron chi connectivity index (χ4n) is 7.38. The minimum atomic E-state index is 0.854. The van der Waals surface area contributed by atoms with E-state index in [1.54, 1.807) is 0 Å². The van der Waals surface area contributed by atoms with Gasteiger partial charge in [0.1, 0.15) is 0 Å². The average molecular weight is 617 g/mol. The molecule has 0 aliphatic rings. The predicted molar refractivity (Wildman–Crippen MR) is 201 cm³/mol. The normalized spacial score (nSPS) is 11.5. The number of hydrogen-bond acceptors (Lipinski definition) is 1. The first-order valence-electron chi connectivity index (χ1n) is 15.7. The molecule has 0 saturated carbocycles. The summed E-state index contributed by atoms with van der Waals surface area (Å²) in [6, 6.07) is 55.9. The number of fused-ring (bicyclic) bond motifs is 6. The van der Waals surface area contributed by atoms with Crippen LogP contribution in [-0.4, -0.2) is 9.13 Å². The van der Waals surface area contributed by atoms with E-state index in [1.807, 2.05) is 18.2 Å². The Morgan fingerprint density at radius 3 is 1.47 bits per heavy atom. The zero-order chi connectivity index (χ0) is 31.5. The largest absolute Gasteiger partial charge is 0.309 e. The molecule has 0 radical (unpaired) electrons. The molecule has 7 aromatic carbocycles. The topological polar surface area (TPSA) is 9.86 Å². The summed E-state index contributed by atoms with van der Waals surface area (Å²) < 4.78 is 4.81. The maximum absolute atomic E-state index is 6.02. The van der Waals surface area contributed by atoms with Gasteiger partial charge < -0.3 is 9.13 Å². The molecule has 0 amide bonds. The number of thiol groups is 1. The van der Waals surface area contributed by atoms with Crippen molar-refractivity contribution in [2.75, 3.05) is 0 Å². The van der Waals surface area contributed by atoms with Crippen LogP contribution in [0.25, 0.3) is 77.2 Å². The van der Waals surface area contributed by atoms with E-state index in [1.165, 1.54) is 21.8 Å². The number of nitrogens with zero attached hydrogens (tertiary/aromatic N) is 2. The van der Waals surface area contributed by atoms with E-state index in [0.29, 0.717) is 0 Å². The second kappa shape index (κ2) is 10.8. The number of terminal acetylenes is 1. The van der Waals surface area contributed by atoms with Crippen LogP contribution in [-0.2, 0) is 0 Å². The van der Waals surface area contributed by atoms with Crippen LogP contribution in [0.5, 0.6) is 0 Å². The summed E-state index contributed by atoms with van der Waals surface area (Å²) in [5.74, 6) is 2.90. The Kier molecular flexibility index (Phi) is 6.31. The van der Waals surface area contributed by atoms with E-state index >= 15 is 0 Å². The molecule has 0 saturated heterocycles. The fourth-order valence-corrected chi connectivity index (χ4v) is 7.69. The summed E-state index contributed by atoms with van der Waals surface area (Å²) in [6.45, 7) is 0. The van der Waals surface area contributed by atoms with Gasteiger partial charge in [-0.2, -0.15) is 0 Å². The fraction of sp³-hybridized carbons (Fsp3) is 0. The molecule has 0 aliphatic heterocycles. The second-order valence-corrected chi connectivity index (χ2v) is 12.3. The van der Waals surface area contributed by atoms with Gasteiger partial charge in [0.05, 0.1) is 33.4 Å². The van der Waals surface area contributed by atoms with Gasteiger partial charge in [-0.25, -0.2) is 0 Å². The Balaban J connectivity index is 1.37. The van der Waals surface area contributed by atoms with Crippen LogP contribution in [0.15, 0.2) is 163 Å². The lowest BCUT2D eigenvalue weighted by molar-refractivity contribution is 1.16. The maximum atomic E-state index is 6.02. The van der Waals surface area contributed by atoms with Crippen molar-refractivity contribution in [3.05, 3.63) is 163 Å². The van der Waals surface area contributed by atoms with Crippen molar-refractivity contribution < 1.29 is 0 Å². The first-order chi connectivity index (χ1) is 23.2. The van der Waals surface area contributed by atoms with Gasteiger partial charge in [0, 0.05) is 48.7 Å². The van der Waals surface area contributed by atoms with E-state index in [-0.39, 0.29) is 0 Å². The Bertz CT molecular complexity index is 2660. The van der Waals surface area contributed by atoms with Gasteiger partial charge in [0.25, 0.3) is 0 Å². The summed E-state index contributed by atoms with van der Waals surface area (Å²) in [7, 11) is 0. The van der Waals surface area contributed by atoms with Crippen molar-refractivity contribution in [3.8, 4) is 46.0 Å². The monoisotopic (exact) mass is 616 g/mol. The van der Waals surface area contributed by atoms with Gasteiger partial charge in [0.15, 0.2) is 0 Å². The quantitative estimate of drug-likeness (QED) is 0.149. The third-order valence-electron chi connectivity index (χ3n) is 9.33. The molecule has 220 valence electrons. The molecule has 0 bridgehead atoms. The van der Waals surface area contributed by atoms with Crippen LogP contribution in [0.3, 0.4) is 0 Å². The van der Waals surface area contributed by atoms with E-state index in [9.17, 15) is 0 Å². The molecule has 2 heterocycles. The summed E-state index contributed by atoms with van der Waals surface area (Å²) >= 11 is 5.00. The minimum Gasteiger partial charge on any atom is -0.309 e. The summed E-state index contributed by atoms with van der Waals surface area (Å²) in [4.78, 5) is 0.896. The van der Waals surface area contributed by atoms with Gasteiger partial charge in [-0.3, -0.25) is 0 Å². The molecule has 0 N–H and O–H groups in total. The molecule has 47 heavy (non-hydrogen) atoms. The van der Waals surface area contributed by atoms with Crippen LogP contribution in [0, 0.1) is 12.3 Å². The summed E-state index contributed by atoms with van der Waals surface area (Å²) in [6.07, 6.45) is 6.02. The Morgan fingerprint density at radius 1 is 0.426 bits per heavy atom. The zero-order valence-corrected chi connectivity index (χ0v) is 26.3. The zero-order valence-electron chi connectivity index (χ0n) is 25.4. The number of hydrogen-bond donors (Lipinski definition) is 1. The van der Waals surface area contributed by atoms with Crippen LogP contribution < -0.4 is 0 Å². The molecular weight excluding hydrogens is 589 g/mol. The molecule has 0 aliphatic carbocycles. The van der Waals surface area contributed by atoms with Crippen molar-refractivity contribution in [2.24, 2.45) is 0 Å². The third-order valence-corrected chi connectivity index (χ3v) is 9.70. The highest BCUT2D eigenvalue weighted by Crippen LogP contribution is 2.44. The predicted octanol–water partition coefficient (Wildman–Crippen LogP) is 11.5. The van der Waals surface area contributed by atoms with Crippen LogP contribution in [0.2, 0.25) is 0 Å². The lowest BCUT2D eigenvalue weighted by Gasteiger charge is -2.18. The molecule has 0 spiro atoms. The van der Waals surface area contributed by atoms with Crippen molar-refractivity contribution in [2.45, 2.75) is 4.90 Å². The van der Waals surface area contributed by atoms with Crippen LogP contribution in [0.4, 0.5) is 0 Å². The first kappa shape index (κ1) is 27.4. The SMILES string of the molecule is C#Cc1ccccc1-c1c(S)ccc2c1c1ccccc1n2-c1ccccc1-c1ccccc1-n1c2ccccc2c2ccccc21. The van der Waals surface area contributed by atoms with Crippen molar-refractivity contribution in [1.29, 1.82) is 0 Å². The van der Waals surface area contributed by atoms with Gasteiger partial charge in [-0.1, -0.05) is 115 Å². The molecule has 0 fully saturated rings. The third kappa shape index (κ3) is 4.09. The highest BCUT2D eigenvalue weighted by molar-refractivity contribution is 7.80. The highest BCUT2D eigenvalue weighted by Gasteiger charge is 2.22. The molecular formula is C44H28N2S. The van der Waals surface area contributed by atoms with Gasteiger partial charge >= 0.3 is 0 Å². The standard InChI is InChI=1S/C44H28N2S/c1-2-29-15-3-4-16-30(29)44-42(47)28-27-41-43(44)35-21-9-14-26-40(35)46(41)39-25-13-8-20-34(39)33-19-7-12-24-38(33)45-36-22-10-5-17-31(36)32-18-6-11-23-37(32)45/h1,3-28,47H. The van der Waals surface area contributed by atoms with Crippen molar-refractivity contribution >= 4 is 56.2 Å². The Morgan fingerprint density at radius 2 is 0.872 bits per heavy atom. The minimum absolute atomic E-state index is 0.854. The van der Waals surface area contributed by atoms with E-state index < -0.39 is 0 Å². The molecule has 9 aromatic rings. The second-order valence-electron chi connectivity index (χ2n) is 11.8. The Labute approximate surface area is 278 Å². The van der Waals surface area contributed by atoms with E-state index in [0.717, 1.165) is 65.9 Å². The first-order valence-corrected chi connectivity index (χ1v) is 16.2. The lowest BCUT2D eigenvalue weighted by Crippen LogP contribution is -2.01. The van der Waals surface area contributed by atoms with Gasteiger partial charge in [-0.05, 0) is 54.1 Å². The highest BCUT2D eigenvalue weighted by atomic mass is 32.1. The van der Waals surface area contributed by atoms with Gasteiger partial charge in [0.2, 0.25) is 0 Å². The molecule has 0 unspecified atom stereocenters. The summed E-state index contributed by atoms with van der Waals surface area (Å²) in [5.41, 5.74) is 12.1.